The van der Waals surface area contributed by atoms with Crippen molar-refractivity contribution in [2.24, 2.45) is 0 Å². The Labute approximate surface area is 93.6 Å². The van der Waals surface area contributed by atoms with Gasteiger partial charge in [0.25, 0.3) is 0 Å². The second-order valence-corrected chi connectivity index (χ2v) is 4.07. The number of benzene rings is 1. The number of hydrogen-bond donors (Lipinski definition) is 0. The molecule has 15 heavy (non-hydrogen) atoms. The Kier molecular flexibility index (Phi) is 2.82. The van der Waals surface area contributed by atoms with Gasteiger partial charge in [-0.3, -0.25) is 0 Å². The molecular weight excluding hydrogens is 214 g/mol. The van der Waals surface area contributed by atoms with Crippen molar-refractivity contribution in [3.63, 3.8) is 0 Å². The van der Waals surface area contributed by atoms with Crippen molar-refractivity contribution in [2.75, 3.05) is 13.6 Å². The maximum absolute atomic E-state index is 11.3. The molecule has 0 unspecified atom stereocenters. The third kappa shape index (κ3) is 2.23. The first-order valence-electron chi connectivity index (χ1n) is 4.84. The molecule has 4 heteroatoms. The summed E-state index contributed by atoms with van der Waals surface area (Å²) in [6.07, 6.45) is 0.427. The maximum Gasteiger partial charge on any atom is 0.410 e. The number of ether oxygens (including phenoxy) is 1. The van der Waals surface area contributed by atoms with Crippen LogP contribution in [0.1, 0.15) is 18.1 Å². The van der Waals surface area contributed by atoms with E-state index in [1.54, 1.807) is 11.9 Å². The summed E-state index contributed by atoms with van der Waals surface area (Å²) in [7, 11) is 1.74. The van der Waals surface area contributed by atoms with Crippen LogP contribution in [-0.2, 0) is 4.74 Å². The van der Waals surface area contributed by atoms with Crippen molar-refractivity contribution in [1.29, 1.82) is 0 Å². The number of halogens is 1. The summed E-state index contributed by atoms with van der Waals surface area (Å²) in [6.45, 7) is 0.728. The Hall–Kier alpha value is -1.22. The van der Waals surface area contributed by atoms with E-state index in [9.17, 15) is 4.79 Å². The monoisotopic (exact) mass is 225 g/mol. The molecule has 0 spiro atoms. The molecule has 0 aliphatic carbocycles. The van der Waals surface area contributed by atoms with Crippen LogP contribution in [0.4, 0.5) is 4.79 Å². The summed E-state index contributed by atoms with van der Waals surface area (Å²) >= 11 is 5.79. The van der Waals surface area contributed by atoms with E-state index in [4.69, 9.17) is 16.3 Å². The molecule has 1 heterocycles. The molecule has 3 nitrogen and oxygen atoms in total. The molecule has 1 aromatic carbocycles. The van der Waals surface area contributed by atoms with E-state index in [-0.39, 0.29) is 12.2 Å². The van der Waals surface area contributed by atoms with Gasteiger partial charge in [0.2, 0.25) is 0 Å². The zero-order valence-corrected chi connectivity index (χ0v) is 9.20. The summed E-state index contributed by atoms with van der Waals surface area (Å²) in [5.74, 6) is 0. The minimum Gasteiger partial charge on any atom is -0.441 e. The largest absolute Gasteiger partial charge is 0.441 e. The van der Waals surface area contributed by atoms with Gasteiger partial charge in [-0.2, -0.15) is 0 Å². The van der Waals surface area contributed by atoms with E-state index in [2.05, 4.69) is 0 Å². The molecule has 1 saturated heterocycles. The zero-order valence-electron chi connectivity index (χ0n) is 8.44. The predicted octanol–water partition coefficient (Wildman–Crippen LogP) is 2.85. The van der Waals surface area contributed by atoms with Gasteiger partial charge in [0.05, 0.1) is 0 Å². The van der Waals surface area contributed by atoms with Crippen LogP contribution >= 0.6 is 11.6 Å². The van der Waals surface area contributed by atoms with E-state index in [0.717, 1.165) is 18.5 Å². The summed E-state index contributed by atoms with van der Waals surface area (Å²) in [5, 5.41) is 0.693. The lowest BCUT2D eigenvalue weighted by Gasteiger charge is -2.29. The minimum absolute atomic E-state index is 0.133. The van der Waals surface area contributed by atoms with E-state index in [1.807, 2.05) is 24.3 Å². The molecule has 2 rings (SSSR count). The topological polar surface area (TPSA) is 29.5 Å². The zero-order chi connectivity index (χ0) is 10.8. The molecule has 0 radical (unpaired) electrons. The maximum atomic E-state index is 11.3. The van der Waals surface area contributed by atoms with Crippen LogP contribution in [0.15, 0.2) is 24.3 Å². The second-order valence-electron chi connectivity index (χ2n) is 3.63. The summed E-state index contributed by atoms with van der Waals surface area (Å²) < 4.78 is 5.27. The van der Waals surface area contributed by atoms with Gasteiger partial charge in [-0.15, -0.1) is 0 Å². The fraction of sp³-hybridized carbons (Fsp3) is 0.364. The number of nitrogens with zero attached hydrogens (tertiary/aromatic N) is 1. The van der Waals surface area contributed by atoms with Crippen molar-refractivity contribution in [3.05, 3.63) is 34.9 Å². The average Bonchev–Trinajstić information content (AvgIpc) is 2.23. The van der Waals surface area contributed by atoms with Crippen LogP contribution < -0.4 is 0 Å². The Morgan fingerprint density at radius 3 is 2.67 bits per heavy atom. The lowest BCUT2D eigenvalue weighted by Crippen LogP contribution is -2.35. The Bertz CT molecular complexity index is 363. The lowest BCUT2D eigenvalue weighted by molar-refractivity contribution is 0.0324. The van der Waals surface area contributed by atoms with Gasteiger partial charge in [-0.1, -0.05) is 23.7 Å². The Balaban J connectivity index is 2.12. The Morgan fingerprint density at radius 1 is 1.40 bits per heavy atom. The van der Waals surface area contributed by atoms with E-state index in [1.165, 1.54) is 0 Å². The quantitative estimate of drug-likeness (QED) is 0.736. The van der Waals surface area contributed by atoms with Crippen molar-refractivity contribution >= 4 is 17.7 Å². The molecule has 0 N–H and O–H groups in total. The van der Waals surface area contributed by atoms with Crippen LogP contribution in [-0.4, -0.2) is 24.6 Å². The van der Waals surface area contributed by atoms with Crippen LogP contribution in [0.2, 0.25) is 5.02 Å². The van der Waals surface area contributed by atoms with Crippen LogP contribution in [0.5, 0.6) is 0 Å². The van der Waals surface area contributed by atoms with Crippen molar-refractivity contribution in [1.82, 2.24) is 4.90 Å². The number of cyclic esters (lactones) is 1. The molecule has 0 aromatic heterocycles. The van der Waals surface area contributed by atoms with Crippen LogP contribution in [0.25, 0.3) is 0 Å². The van der Waals surface area contributed by atoms with Crippen LogP contribution in [0.3, 0.4) is 0 Å². The molecule has 1 aliphatic rings. The summed E-state index contributed by atoms with van der Waals surface area (Å²) in [5.41, 5.74) is 1.00. The highest BCUT2D eigenvalue weighted by Crippen LogP contribution is 2.26. The highest BCUT2D eigenvalue weighted by molar-refractivity contribution is 6.30. The van der Waals surface area contributed by atoms with E-state index >= 15 is 0 Å². The van der Waals surface area contributed by atoms with Gasteiger partial charge < -0.3 is 9.64 Å². The molecule has 80 valence electrons. The SMILES string of the molecule is CN1CC[C@@H](c2ccc(Cl)cc2)OC1=O. The lowest BCUT2D eigenvalue weighted by atomic mass is 10.1. The predicted molar refractivity (Wildman–Crippen MR) is 57.9 cm³/mol. The molecule has 1 aromatic rings. The number of hydrogen-bond acceptors (Lipinski definition) is 2. The molecule has 0 bridgehead atoms. The number of rotatable bonds is 1. The van der Waals surface area contributed by atoms with Gasteiger partial charge >= 0.3 is 6.09 Å². The van der Waals surface area contributed by atoms with Gasteiger partial charge in [-0.05, 0) is 17.7 Å². The first kappa shape index (κ1) is 10.3. The minimum atomic E-state index is -0.263. The highest BCUT2D eigenvalue weighted by atomic mass is 35.5. The van der Waals surface area contributed by atoms with E-state index in [0.29, 0.717) is 5.02 Å². The number of amides is 1. The Morgan fingerprint density at radius 2 is 2.07 bits per heavy atom. The van der Waals surface area contributed by atoms with Crippen molar-refractivity contribution in [2.45, 2.75) is 12.5 Å². The number of carbonyl (C=O) groups excluding carboxylic acids is 1. The average molecular weight is 226 g/mol. The van der Waals surface area contributed by atoms with Gasteiger partial charge in [0, 0.05) is 25.0 Å². The third-order valence-electron chi connectivity index (χ3n) is 2.52. The van der Waals surface area contributed by atoms with Crippen molar-refractivity contribution < 1.29 is 9.53 Å². The molecule has 0 saturated carbocycles. The van der Waals surface area contributed by atoms with Gasteiger partial charge in [-0.25, -0.2) is 4.79 Å². The molecule has 1 aliphatic heterocycles. The molecular formula is C11H12ClNO2. The third-order valence-corrected chi connectivity index (χ3v) is 2.78. The summed E-state index contributed by atoms with van der Waals surface area (Å²) in [6, 6.07) is 7.41. The first-order chi connectivity index (χ1) is 7.16. The standard InChI is InChI=1S/C11H12ClNO2/c1-13-7-6-10(15-11(13)14)8-2-4-9(12)5-3-8/h2-5,10H,6-7H2,1H3/t10-/m0/s1. The smallest absolute Gasteiger partial charge is 0.410 e. The summed E-state index contributed by atoms with van der Waals surface area (Å²) in [4.78, 5) is 12.9. The molecule has 1 amide bonds. The molecule has 1 atom stereocenters. The first-order valence-corrected chi connectivity index (χ1v) is 5.22. The normalized spacial score (nSPS) is 21.3. The van der Waals surface area contributed by atoms with Crippen LogP contribution in [0, 0.1) is 0 Å². The second kappa shape index (κ2) is 4.11. The highest BCUT2D eigenvalue weighted by Gasteiger charge is 2.25. The van der Waals surface area contributed by atoms with Gasteiger partial charge in [0.1, 0.15) is 6.10 Å². The fourth-order valence-corrected chi connectivity index (χ4v) is 1.71. The van der Waals surface area contributed by atoms with Crippen molar-refractivity contribution in [3.8, 4) is 0 Å². The van der Waals surface area contributed by atoms with E-state index < -0.39 is 0 Å². The molecule has 1 fully saturated rings. The number of carbonyl (C=O) groups is 1. The fourth-order valence-electron chi connectivity index (χ4n) is 1.58. The van der Waals surface area contributed by atoms with Gasteiger partial charge in [0.15, 0.2) is 0 Å².